The van der Waals surface area contributed by atoms with Gasteiger partial charge in [-0.1, -0.05) is 6.07 Å². The van der Waals surface area contributed by atoms with Gasteiger partial charge >= 0.3 is 0 Å². The lowest BCUT2D eigenvalue weighted by molar-refractivity contribution is 0.199. The lowest BCUT2D eigenvalue weighted by atomic mass is 10.1. The van der Waals surface area contributed by atoms with Gasteiger partial charge in [-0.3, -0.25) is 4.68 Å². The fourth-order valence-corrected chi connectivity index (χ4v) is 2.01. The molecule has 0 saturated carbocycles. The molecule has 0 saturated heterocycles. The number of aryl methyl sites for hydroxylation is 2. The van der Waals surface area contributed by atoms with Gasteiger partial charge in [0.25, 0.3) is 0 Å². The molecule has 1 atom stereocenters. The Morgan fingerprint density at radius 2 is 2.16 bits per heavy atom. The molecule has 0 aliphatic rings. The van der Waals surface area contributed by atoms with Crippen molar-refractivity contribution in [1.29, 1.82) is 0 Å². The Hall–Kier alpha value is -1.81. The third-order valence-electron chi connectivity index (χ3n) is 3.22. The van der Waals surface area contributed by atoms with Crippen LogP contribution in [0.2, 0.25) is 0 Å². The molecule has 0 spiro atoms. The van der Waals surface area contributed by atoms with Crippen LogP contribution in [0.3, 0.4) is 0 Å². The molecule has 1 aromatic heterocycles. The van der Waals surface area contributed by atoms with Crippen molar-refractivity contribution < 1.29 is 9.84 Å². The molecule has 2 aromatic rings. The molecule has 0 aliphatic carbocycles. The molecule has 1 heterocycles. The highest BCUT2D eigenvalue weighted by Gasteiger charge is 2.05. The van der Waals surface area contributed by atoms with Crippen molar-refractivity contribution in [3.63, 3.8) is 0 Å². The van der Waals surface area contributed by atoms with E-state index in [4.69, 9.17) is 4.74 Å². The number of nitrogens with zero attached hydrogens (tertiary/aromatic N) is 2. The van der Waals surface area contributed by atoms with Crippen LogP contribution in [0.5, 0.6) is 5.75 Å². The molecule has 0 aliphatic heterocycles. The highest BCUT2D eigenvalue weighted by molar-refractivity contribution is 5.36. The van der Waals surface area contributed by atoms with Gasteiger partial charge < -0.3 is 9.84 Å². The SMILES string of the molecule is Cc1cc(C(C)O)ccc1OCCc1ccnn1C. The van der Waals surface area contributed by atoms with Crippen LogP contribution in [0.25, 0.3) is 0 Å². The first-order valence-corrected chi connectivity index (χ1v) is 6.46. The van der Waals surface area contributed by atoms with E-state index in [9.17, 15) is 5.11 Å². The van der Waals surface area contributed by atoms with Gasteiger partial charge in [0.1, 0.15) is 5.75 Å². The van der Waals surface area contributed by atoms with Crippen LogP contribution >= 0.6 is 0 Å². The maximum absolute atomic E-state index is 9.52. The van der Waals surface area contributed by atoms with E-state index >= 15 is 0 Å². The van der Waals surface area contributed by atoms with Gasteiger partial charge in [-0.2, -0.15) is 5.10 Å². The third kappa shape index (κ3) is 3.35. The van der Waals surface area contributed by atoms with Crippen LogP contribution in [0, 0.1) is 6.92 Å². The second-order valence-electron chi connectivity index (χ2n) is 4.75. The van der Waals surface area contributed by atoms with E-state index in [1.54, 1.807) is 13.1 Å². The number of aliphatic hydroxyl groups is 1. The molecule has 1 aromatic carbocycles. The number of benzene rings is 1. The number of ether oxygens (including phenoxy) is 1. The molecular formula is C15H20N2O2. The van der Waals surface area contributed by atoms with Gasteiger partial charge in [-0.25, -0.2) is 0 Å². The number of aromatic nitrogens is 2. The van der Waals surface area contributed by atoms with E-state index in [2.05, 4.69) is 5.10 Å². The van der Waals surface area contributed by atoms with Crippen LogP contribution in [0.4, 0.5) is 0 Å². The smallest absolute Gasteiger partial charge is 0.122 e. The summed E-state index contributed by atoms with van der Waals surface area (Å²) in [4.78, 5) is 0. The van der Waals surface area contributed by atoms with Crippen molar-refractivity contribution in [2.24, 2.45) is 7.05 Å². The van der Waals surface area contributed by atoms with Crippen molar-refractivity contribution >= 4 is 0 Å². The Labute approximate surface area is 113 Å². The van der Waals surface area contributed by atoms with E-state index in [1.165, 1.54) is 0 Å². The van der Waals surface area contributed by atoms with Gasteiger partial charge in [0.15, 0.2) is 0 Å². The summed E-state index contributed by atoms with van der Waals surface area (Å²) in [7, 11) is 1.93. The zero-order valence-electron chi connectivity index (χ0n) is 11.6. The van der Waals surface area contributed by atoms with E-state index < -0.39 is 6.10 Å². The highest BCUT2D eigenvalue weighted by atomic mass is 16.5. The number of rotatable bonds is 5. The topological polar surface area (TPSA) is 47.3 Å². The molecule has 0 fully saturated rings. The summed E-state index contributed by atoms with van der Waals surface area (Å²) in [5, 5.41) is 13.6. The summed E-state index contributed by atoms with van der Waals surface area (Å²) in [5.74, 6) is 0.867. The summed E-state index contributed by atoms with van der Waals surface area (Å²) < 4.78 is 7.63. The monoisotopic (exact) mass is 260 g/mol. The Bertz CT molecular complexity index is 547. The van der Waals surface area contributed by atoms with Gasteiger partial charge in [-0.15, -0.1) is 0 Å². The molecule has 19 heavy (non-hydrogen) atoms. The average Bonchev–Trinajstić information content (AvgIpc) is 2.77. The van der Waals surface area contributed by atoms with Gasteiger partial charge in [0, 0.05) is 25.4 Å². The summed E-state index contributed by atoms with van der Waals surface area (Å²) in [5.41, 5.74) is 3.11. The average molecular weight is 260 g/mol. The van der Waals surface area contributed by atoms with E-state index in [0.29, 0.717) is 6.61 Å². The lowest BCUT2D eigenvalue weighted by Gasteiger charge is -2.12. The van der Waals surface area contributed by atoms with Crippen molar-refractivity contribution in [2.45, 2.75) is 26.4 Å². The predicted octanol–water partition coefficient (Wildman–Crippen LogP) is 2.40. The molecular weight excluding hydrogens is 240 g/mol. The molecule has 2 rings (SSSR count). The lowest BCUT2D eigenvalue weighted by Crippen LogP contribution is -2.06. The Kier molecular flexibility index (Phi) is 4.22. The summed E-state index contributed by atoms with van der Waals surface area (Å²) in [6.07, 6.45) is 2.17. The van der Waals surface area contributed by atoms with Crippen LogP contribution in [-0.2, 0) is 13.5 Å². The second kappa shape index (κ2) is 5.89. The molecule has 1 N–H and O–H groups in total. The van der Waals surface area contributed by atoms with E-state index in [1.807, 2.05) is 42.9 Å². The van der Waals surface area contributed by atoms with Gasteiger partial charge in [0.2, 0.25) is 0 Å². The number of hydrogen-bond donors (Lipinski definition) is 1. The fraction of sp³-hybridized carbons (Fsp3) is 0.400. The minimum atomic E-state index is -0.442. The fourth-order valence-electron chi connectivity index (χ4n) is 2.01. The summed E-state index contributed by atoms with van der Waals surface area (Å²) in [6, 6.07) is 7.77. The Morgan fingerprint density at radius 3 is 2.74 bits per heavy atom. The quantitative estimate of drug-likeness (QED) is 0.898. The van der Waals surface area contributed by atoms with Crippen LogP contribution < -0.4 is 4.74 Å². The first-order chi connectivity index (χ1) is 9.08. The van der Waals surface area contributed by atoms with Crippen LogP contribution in [0.15, 0.2) is 30.5 Å². The largest absolute Gasteiger partial charge is 0.493 e. The zero-order chi connectivity index (χ0) is 13.8. The Morgan fingerprint density at radius 1 is 1.37 bits per heavy atom. The minimum Gasteiger partial charge on any atom is -0.493 e. The van der Waals surface area contributed by atoms with Gasteiger partial charge in [0.05, 0.1) is 12.7 Å². The van der Waals surface area contributed by atoms with E-state index in [0.717, 1.165) is 29.0 Å². The van der Waals surface area contributed by atoms with Crippen molar-refractivity contribution in [3.8, 4) is 5.75 Å². The van der Waals surface area contributed by atoms with Crippen molar-refractivity contribution in [3.05, 3.63) is 47.3 Å². The number of aliphatic hydroxyl groups excluding tert-OH is 1. The second-order valence-corrected chi connectivity index (χ2v) is 4.75. The standard InChI is InChI=1S/C15H20N2O2/c1-11-10-13(12(2)18)4-5-15(11)19-9-7-14-6-8-16-17(14)3/h4-6,8,10,12,18H,7,9H2,1-3H3. The third-order valence-corrected chi connectivity index (χ3v) is 3.22. The van der Waals surface area contributed by atoms with Crippen LogP contribution in [-0.4, -0.2) is 21.5 Å². The normalized spacial score (nSPS) is 12.4. The maximum atomic E-state index is 9.52. The predicted molar refractivity (Wildman–Crippen MR) is 74.2 cm³/mol. The van der Waals surface area contributed by atoms with E-state index in [-0.39, 0.29) is 0 Å². The minimum absolute atomic E-state index is 0.442. The Balaban J connectivity index is 1.95. The molecule has 0 radical (unpaired) electrons. The molecule has 1 unspecified atom stereocenters. The zero-order valence-corrected chi connectivity index (χ0v) is 11.6. The maximum Gasteiger partial charge on any atom is 0.122 e. The molecule has 0 amide bonds. The van der Waals surface area contributed by atoms with Crippen molar-refractivity contribution in [2.75, 3.05) is 6.61 Å². The molecule has 4 heteroatoms. The first-order valence-electron chi connectivity index (χ1n) is 6.46. The molecule has 0 bridgehead atoms. The summed E-state index contributed by atoms with van der Waals surface area (Å²) >= 11 is 0. The van der Waals surface area contributed by atoms with Gasteiger partial charge in [-0.05, 0) is 43.2 Å². The number of hydrogen-bond acceptors (Lipinski definition) is 3. The van der Waals surface area contributed by atoms with Crippen LogP contribution in [0.1, 0.15) is 29.8 Å². The molecule has 102 valence electrons. The first kappa shape index (κ1) is 13.6. The van der Waals surface area contributed by atoms with Crippen molar-refractivity contribution in [1.82, 2.24) is 9.78 Å². The summed E-state index contributed by atoms with van der Waals surface area (Å²) in [6.45, 7) is 4.37. The highest BCUT2D eigenvalue weighted by Crippen LogP contribution is 2.22. The molecule has 4 nitrogen and oxygen atoms in total.